The Kier molecular flexibility index (Phi) is 3.18. The van der Waals surface area contributed by atoms with Crippen molar-refractivity contribution in [3.63, 3.8) is 0 Å². The summed E-state index contributed by atoms with van der Waals surface area (Å²) in [6.45, 7) is 2.99. The Hall–Kier alpha value is -1.04. The smallest absolute Gasteiger partial charge is 0.114 e. The minimum atomic E-state index is -0.414. The van der Waals surface area contributed by atoms with Crippen molar-refractivity contribution < 1.29 is 0 Å². The van der Waals surface area contributed by atoms with Crippen LogP contribution >= 0.6 is 11.6 Å². The molecule has 2 rings (SSSR count). The zero-order valence-electron chi connectivity index (χ0n) is 9.39. The van der Waals surface area contributed by atoms with Gasteiger partial charge >= 0.3 is 0 Å². The van der Waals surface area contributed by atoms with Crippen LogP contribution in [0.3, 0.4) is 0 Å². The summed E-state index contributed by atoms with van der Waals surface area (Å²) in [5, 5.41) is 13.4. The minimum Gasteiger partial charge on any atom is -0.299 e. The first-order valence-electron chi connectivity index (χ1n) is 5.63. The molecular formula is C13H15ClN2. The van der Waals surface area contributed by atoms with Crippen LogP contribution < -0.4 is 5.32 Å². The lowest BCUT2D eigenvalue weighted by Gasteiger charge is -2.21. The molecule has 0 aromatic heterocycles. The summed E-state index contributed by atoms with van der Waals surface area (Å²) in [5.74, 6) is 0. The molecule has 0 spiro atoms. The first kappa shape index (κ1) is 11.4. The van der Waals surface area contributed by atoms with Gasteiger partial charge in [0.15, 0.2) is 0 Å². The van der Waals surface area contributed by atoms with Crippen LogP contribution in [0, 0.1) is 11.3 Å². The van der Waals surface area contributed by atoms with Crippen LogP contribution in [0.15, 0.2) is 18.2 Å². The number of fused-ring (bicyclic) bond motifs is 1. The second-order valence-corrected chi connectivity index (χ2v) is 4.82. The van der Waals surface area contributed by atoms with Gasteiger partial charge in [-0.2, -0.15) is 5.26 Å². The van der Waals surface area contributed by atoms with Gasteiger partial charge in [-0.25, -0.2) is 0 Å². The highest BCUT2D eigenvalue weighted by atomic mass is 35.5. The average molecular weight is 235 g/mol. The zero-order chi connectivity index (χ0) is 11.6. The maximum atomic E-state index is 9.34. The first-order chi connectivity index (χ1) is 7.69. The predicted molar refractivity (Wildman–Crippen MR) is 65.5 cm³/mol. The van der Waals surface area contributed by atoms with E-state index in [-0.39, 0.29) is 0 Å². The highest BCUT2D eigenvalue weighted by molar-refractivity contribution is 6.30. The summed E-state index contributed by atoms with van der Waals surface area (Å²) < 4.78 is 0. The summed E-state index contributed by atoms with van der Waals surface area (Å²) in [6.07, 6.45) is 2.59. The monoisotopic (exact) mass is 234 g/mol. The molecular weight excluding hydrogens is 220 g/mol. The number of hydrogen-bond acceptors (Lipinski definition) is 2. The molecule has 0 fully saturated rings. The fourth-order valence-corrected chi connectivity index (χ4v) is 2.45. The van der Waals surface area contributed by atoms with Crippen LogP contribution in [0.2, 0.25) is 5.02 Å². The van der Waals surface area contributed by atoms with E-state index in [9.17, 15) is 5.26 Å². The van der Waals surface area contributed by atoms with Gasteiger partial charge < -0.3 is 0 Å². The van der Waals surface area contributed by atoms with Crippen molar-refractivity contribution in [1.29, 1.82) is 5.26 Å². The molecule has 0 bridgehead atoms. The van der Waals surface area contributed by atoms with Gasteiger partial charge in [-0.05, 0) is 36.2 Å². The Bertz CT molecular complexity index is 436. The number of nitrogens with zero attached hydrogens (tertiary/aromatic N) is 1. The number of benzene rings is 1. The zero-order valence-corrected chi connectivity index (χ0v) is 10.1. The van der Waals surface area contributed by atoms with Crippen LogP contribution in [-0.4, -0.2) is 12.1 Å². The van der Waals surface area contributed by atoms with Crippen molar-refractivity contribution >= 4 is 11.6 Å². The van der Waals surface area contributed by atoms with E-state index < -0.39 is 5.54 Å². The molecule has 1 aromatic rings. The quantitative estimate of drug-likeness (QED) is 0.873. The van der Waals surface area contributed by atoms with Gasteiger partial charge in [-0.3, -0.25) is 5.32 Å². The van der Waals surface area contributed by atoms with Gasteiger partial charge in [0.25, 0.3) is 0 Å². The van der Waals surface area contributed by atoms with E-state index in [0.29, 0.717) is 0 Å². The lowest BCUT2D eigenvalue weighted by atomic mass is 9.98. The number of rotatable bonds is 3. The van der Waals surface area contributed by atoms with Gasteiger partial charge in [-0.1, -0.05) is 24.6 Å². The van der Waals surface area contributed by atoms with Crippen LogP contribution in [0.4, 0.5) is 0 Å². The standard InChI is InChI=1S/C13H15ClN2/c1-2-5-16-13(9-15)7-10-3-4-12(14)6-11(10)8-13/h3-4,6,16H,2,5,7-8H2,1H3. The Labute approximate surface area is 101 Å². The van der Waals surface area contributed by atoms with Crippen LogP contribution in [-0.2, 0) is 12.8 Å². The highest BCUT2D eigenvalue weighted by Gasteiger charge is 2.36. The van der Waals surface area contributed by atoms with E-state index >= 15 is 0 Å². The Morgan fingerprint density at radius 3 is 2.88 bits per heavy atom. The number of halogens is 1. The van der Waals surface area contributed by atoms with Crippen LogP contribution in [0.1, 0.15) is 24.5 Å². The SMILES string of the molecule is CCCNC1(C#N)Cc2ccc(Cl)cc2C1. The first-order valence-corrected chi connectivity index (χ1v) is 6.00. The van der Waals surface area contributed by atoms with E-state index in [1.54, 1.807) is 0 Å². The Morgan fingerprint density at radius 2 is 2.19 bits per heavy atom. The fraction of sp³-hybridized carbons (Fsp3) is 0.462. The van der Waals surface area contributed by atoms with E-state index in [1.165, 1.54) is 11.1 Å². The number of nitrogens with one attached hydrogen (secondary N) is 1. The summed E-state index contributed by atoms with van der Waals surface area (Å²) in [4.78, 5) is 0. The lowest BCUT2D eigenvalue weighted by Crippen LogP contribution is -2.45. The molecule has 0 saturated heterocycles. The molecule has 2 nitrogen and oxygen atoms in total. The maximum absolute atomic E-state index is 9.34. The van der Waals surface area contributed by atoms with E-state index in [4.69, 9.17) is 11.6 Å². The Balaban J connectivity index is 2.22. The van der Waals surface area contributed by atoms with E-state index in [2.05, 4.69) is 18.3 Å². The molecule has 1 atom stereocenters. The lowest BCUT2D eigenvalue weighted by molar-refractivity contribution is 0.431. The van der Waals surface area contributed by atoms with Gasteiger partial charge in [0, 0.05) is 17.9 Å². The molecule has 84 valence electrons. The summed E-state index contributed by atoms with van der Waals surface area (Å²) in [7, 11) is 0. The maximum Gasteiger partial charge on any atom is 0.114 e. The van der Waals surface area contributed by atoms with Gasteiger partial charge in [-0.15, -0.1) is 0 Å². The van der Waals surface area contributed by atoms with Gasteiger partial charge in [0.05, 0.1) is 6.07 Å². The molecule has 1 N–H and O–H groups in total. The van der Waals surface area contributed by atoms with Crippen molar-refractivity contribution in [2.75, 3.05) is 6.54 Å². The largest absolute Gasteiger partial charge is 0.299 e. The Morgan fingerprint density at radius 1 is 1.44 bits per heavy atom. The van der Waals surface area contributed by atoms with Crippen molar-refractivity contribution in [2.24, 2.45) is 0 Å². The van der Waals surface area contributed by atoms with Crippen molar-refractivity contribution in [3.8, 4) is 6.07 Å². The van der Waals surface area contributed by atoms with Crippen molar-refractivity contribution in [3.05, 3.63) is 34.3 Å². The predicted octanol–water partition coefficient (Wildman–Crippen LogP) is 2.70. The topological polar surface area (TPSA) is 35.8 Å². The molecule has 0 heterocycles. The average Bonchev–Trinajstić information content (AvgIpc) is 2.65. The van der Waals surface area contributed by atoms with Gasteiger partial charge in [0.1, 0.15) is 5.54 Å². The second-order valence-electron chi connectivity index (χ2n) is 4.39. The molecule has 0 radical (unpaired) electrons. The molecule has 0 aliphatic heterocycles. The molecule has 0 amide bonds. The van der Waals surface area contributed by atoms with Crippen molar-refractivity contribution in [2.45, 2.75) is 31.7 Å². The molecule has 1 aliphatic carbocycles. The third-order valence-corrected chi connectivity index (χ3v) is 3.32. The minimum absolute atomic E-state index is 0.414. The number of nitriles is 1. The molecule has 1 unspecified atom stereocenters. The third-order valence-electron chi connectivity index (χ3n) is 3.08. The number of hydrogen-bond donors (Lipinski definition) is 1. The molecule has 16 heavy (non-hydrogen) atoms. The highest BCUT2D eigenvalue weighted by Crippen LogP contribution is 2.31. The van der Waals surface area contributed by atoms with E-state index in [0.717, 1.165) is 30.8 Å². The normalized spacial score (nSPS) is 22.8. The van der Waals surface area contributed by atoms with Crippen LogP contribution in [0.5, 0.6) is 0 Å². The fourth-order valence-electron chi connectivity index (χ4n) is 2.25. The van der Waals surface area contributed by atoms with Gasteiger partial charge in [0.2, 0.25) is 0 Å². The molecule has 1 aliphatic rings. The van der Waals surface area contributed by atoms with Crippen molar-refractivity contribution in [1.82, 2.24) is 5.32 Å². The summed E-state index contributed by atoms with van der Waals surface area (Å²) in [6, 6.07) is 8.33. The molecule has 3 heteroatoms. The molecule has 1 aromatic carbocycles. The summed E-state index contributed by atoms with van der Waals surface area (Å²) >= 11 is 5.96. The second kappa shape index (κ2) is 4.45. The summed E-state index contributed by atoms with van der Waals surface area (Å²) in [5.41, 5.74) is 2.04. The third kappa shape index (κ3) is 2.07. The van der Waals surface area contributed by atoms with E-state index in [1.807, 2.05) is 18.2 Å². The van der Waals surface area contributed by atoms with Crippen LogP contribution in [0.25, 0.3) is 0 Å². The molecule has 0 saturated carbocycles.